The van der Waals surface area contributed by atoms with Crippen molar-refractivity contribution in [3.05, 3.63) is 68.7 Å². The molecule has 24 heavy (non-hydrogen) atoms. The van der Waals surface area contributed by atoms with E-state index in [4.69, 9.17) is 22.2 Å². The van der Waals surface area contributed by atoms with Gasteiger partial charge in [0.15, 0.2) is 0 Å². The van der Waals surface area contributed by atoms with Gasteiger partial charge in [-0.05, 0) is 36.2 Å². The Kier molecular flexibility index (Phi) is 5.01. The molecule has 124 valence electrons. The molecule has 2 amide bonds. The average molecular weight is 410 g/mol. The van der Waals surface area contributed by atoms with Crippen molar-refractivity contribution < 1.29 is 14.4 Å². The van der Waals surface area contributed by atoms with E-state index in [0.717, 1.165) is 15.1 Å². The van der Waals surface area contributed by atoms with E-state index >= 15 is 0 Å². The first-order valence-electron chi connectivity index (χ1n) is 7.27. The molecule has 5 nitrogen and oxygen atoms in total. The van der Waals surface area contributed by atoms with Crippen molar-refractivity contribution in [2.75, 3.05) is 6.61 Å². The van der Waals surface area contributed by atoms with Gasteiger partial charge in [-0.15, -0.1) is 5.06 Å². The fraction of sp³-hybridized carbons (Fsp3) is 0.176. The molecule has 0 aromatic heterocycles. The predicted octanol–water partition coefficient (Wildman–Crippen LogP) is 3.20. The van der Waals surface area contributed by atoms with Crippen LogP contribution in [-0.4, -0.2) is 29.5 Å². The molecule has 0 saturated carbocycles. The second-order valence-corrected chi connectivity index (χ2v) is 6.77. The van der Waals surface area contributed by atoms with E-state index in [0.29, 0.717) is 22.6 Å². The normalized spacial score (nSPS) is 14.9. The lowest BCUT2D eigenvalue weighted by Crippen LogP contribution is -2.37. The Labute approximate surface area is 152 Å². The fourth-order valence-electron chi connectivity index (χ4n) is 2.48. The molecule has 1 atom stereocenters. The Morgan fingerprint density at radius 1 is 1.12 bits per heavy atom. The third kappa shape index (κ3) is 3.37. The highest BCUT2D eigenvalue weighted by Crippen LogP contribution is 2.24. The second kappa shape index (κ2) is 7.03. The van der Waals surface area contributed by atoms with Crippen LogP contribution in [0.3, 0.4) is 0 Å². The van der Waals surface area contributed by atoms with Crippen molar-refractivity contribution in [2.24, 2.45) is 5.73 Å². The Hall–Kier alpha value is -1.73. The number of hydroxylamine groups is 2. The van der Waals surface area contributed by atoms with Gasteiger partial charge in [-0.25, -0.2) is 0 Å². The number of imide groups is 1. The van der Waals surface area contributed by atoms with E-state index in [9.17, 15) is 9.59 Å². The van der Waals surface area contributed by atoms with Crippen molar-refractivity contribution in [3.63, 3.8) is 0 Å². The van der Waals surface area contributed by atoms with Crippen LogP contribution in [0.25, 0.3) is 0 Å². The summed E-state index contributed by atoms with van der Waals surface area (Å²) in [5, 5.41) is 1.37. The Morgan fingerprint density at radius 3 is 2.33 bits per heavy atom. The van der Waals surface area contributed by atoms with Crippen LogP contribution in [0.5, 0.6) is 0 Å². The number of hydrogen-bond donors (Lipinski definition) is 1. The topological polar surface area (TPSA) is 72.6 Å². The van der Waals surface area contributed by atoms with E-state index in [1.807, 2.05) is 12.1 Å². The zero-order valence-electron chi connectivity index (χ0n) is 12.5. The molecule has 1 aliphatic heterocycles. The zero-order chi connectivity index (χ0) is 17.3. The van der Waals surface area contributed by atoms with Gasteiger partial charge >= 0.3 is 0 Å². The number of amides is 2. The maximum atomic E-state index is 12.2. The highest BCUT2D eigenvalue weighted by atomic mass is 79.9. The maximum absolute atomic E-state index is 12.2. The highest BCUT2D eigenvalue weighted by molar-refractivity contribution is 9.10. The van der Waals surface area contributed by atoms with Crippen LogP contribution < -0.4 is 5.73 Å². The van der Waals surface area contributed by atoms with E-state index in [2.05, 4.69) is 15.9 Å². The van der Waals surface area contributed by atoms with Crippen molar-refractivity contribution in [3.8, 4) is 0 Å². The largest absolute Gasteiger partial charge is 0.325 e. The lowest BCUT2D eigenvalue weighted by molar-refractivity contribution is -0.0951. The number of carbonyl (C=O) groups excluding carboxylic acids is 2. The minimum Gasteiger partial charge on any atom is -0.325 e. The van der Waals surface area contributed by atoms with Crippen molar-refractivity contribution in [2.45, 2.75) is 12.5 Å². The lowest BCUT2D eigenvalue weighted by atomic mass is 10.1. The number of nitrogens with two attached hydrogens (primary N) is 1. The molecule has 2 N–H and O–H groups in total. The molecule has 0 fully saturated rings. The van der Waals surface area contributed by atoms with Gasteiger partial charge < -0.3 is 5.73 Å². The average Bonchev–Trinajstić information content (AvgIpc) is 2.80. The molecule has 1 heterocycles. The minimum atomic E-state index is -0.468. The Balaban J connectivity index is 1.62. The highest BCUT2D eigenvalue weighted by Gasteiger charge is 2.36. The summed E-state index contributed by atoms with van der Waals surface area (Å²) in [5.74, 6) is -0.936. The fourth-order valence-corrected chi connectivity index (χ4v) is 3.23. The minimum absolute atomic E-state index is 0.0257. The third-order valence-electron chi connectivity index (χ3n) is 3.67. The van der Waals surface area contributed by atoms with Crippen LogP contribution >= 0.6 is 27.5 Å². The van der Waals surface area contributed by atoms with Gasteiger partial charge in [-0.2, -0.15) is 0 Å². The van der Waals surface area contributed by atoms with Gasteiger partial charge in [0, 0.05) is 15.5 Å². The molecule has 0 spiro atoms. The number of hydrogen-bond acceptors (Lipinski definition) is 4. The van der Waals surface area contributed by atoms with Gasteiger partial charge in [0.05, 0.1) is 17.7 Å². The van der Waals surface area contributed by atoms with Crippen LogP contribution in [0.1, 0.15) is 26.3 Å². The monoisotopic (exact) mass is 408 g/mol. The summed E-state index contributed by atoms with van der Waals surface area (Å²) in [7, 11) is 0. The predicted molar refractivity (Wildman–Crippen MR) is 93.7 cm³/mol. The van der Waals surface area contributed by atoms with Crippen LogP contribution in [0.2, 0.25) is 5.02 Å². The summed E-state index contributed by atoms with van der Waals surface area (Å²) in [6, 6.07) is 11.7. The first-order valence-corrected chi connectivity index (χ1v) is 8.44. The van der Waals surface area contributed by atoms with Crippen LogP contribution in [0.15, 0.2) is 46.9 Å². The molecule has 2 aromatic rings. The molecule has 0 saturated heterocycles. The smallest absolute Gasteiger partial charge is 0.285 e. The van der Waals surface area contributed by atoms with E-state index in [1.165, 1.54) is 0 Å². The first-order chi connectivity index (χ1) is 11.5. The molecule has 0 aliphatic carbocycles. The van der Waals surface area contributed by atoms with Gasteiger partial charge in [-0.1, -0.05) is 45.7 Å². The number of carbonyl (C=O) groups is 2. The molecule has 0 radical (unpaired) electrons. The van der Waals surface area contributed by atoms with E-state index in [-0.39, 0.29) is 6.61 Å². The lowest BCUT2D eigenvalue weighted by Gasteiger charge is -2.17. The van der Waals surface area contributed by atoms with E-state index in [1.54, 1.807) is 30.3 Å². The second-order valence-electron chi connectivity index (χ2n) is 5.45. The molecule has 0 bridgehead atoms. The Bertz CT molecular complexity index is 777. The quantitative estimate of drug-likeness (QED) is 0.770. The molecular weight excluding hydrogens is 396 g/mol. The summed E-state index contributed by atoms with van der Waals surface area (Å²) in [5.41, 5.74) is 7.60. The van der Waals surface area contributed by atoms with Gasteiger partial charge in [0.2, 0.25) is 0 Å². The standard InChI is InChI=1S/C17H14BrClN2O3/c18-11-6-5-10(15(19)8-11)7-12(20)9-24-21-16(22)13-3-1-2-4-14(13)17(21)23/h1-6,8,12H,7,9,20H2. The number of fused-ring (bicyclic) bond motifs is 1. The molecule has 2 aromatic carbocycles. The van der Waals surface area contributed by atoms with E-state index < -0.39 is 17.9 Å². The zero-order valence-corrected chi connectivity index (χ0v) is 14.9. The Morgan fingerprint density at radius 2 is 1.75 bits per heavy atom. The van der Waals surface area contributed by atoms with Crippen LogP contribution in [-0.2, 0) is 11.3 Å². The number of halogens is 2. The summed E-state index contributed by atoms with van der Waals surface area (Å²) in [4.78, 5) is 29.7. The summed E-state index contributed by atoms with van der Waals surface area (Å²) < 4.78 is 0.882. The molecule has 1 aliphatic rings. The van der Waals surface area contributed by atoms with Crippen LogP contribution in [0, 0.1) is 0 Å². The maximum Gasteiger partial charge on any atom is 0.285 e. The van der Waals surface area contributed by atoms with Crippen molar-refractivity contribution in [1.82, 2.24) is 5.06 Å². The third-order valence-corrected chi connectivity index (χ3v) is 4.52. The van der Waals surface area contributed by atoms with Gasteiger partial charge in [-0.3, -0.25) is 14.4 Å². The molecular formula is C17H14BrClN2O3. The van der Waals surface area contributed by atoms with Gasteiger partial charge in [0.25, 0.3) is 11.8 Å². The van der Waals surface area contributed by atoms with Crippen LogP contribution in [0.4, 0.5) is 0 Å². The molecule has 3 rings (SSSR count). The summed E-state index contributed by atoms with van der Waals surface area (Å²) >= 11 is 9.51. The number of nitrogens with zero attached hydrogens (tertiary/aromatic N) is 1. The number of rotatable bonds is 5. The summed E-state index contributed by atoms with van der Waals surface area (Å²) in [6.45, 7) is 0.0257. The molecule has 1 unspecified atom stereocenters. The van der Waals surface area contributed by atoms with Gasteiger partial charge in [0.1, 0.15) is 0 Å². The summed E-state index contributed by atoms with van der Waals surface area (Å²) in [6.07, 6.45) is 0.468. The number of benzene rings is 2. The first kappa shape index (κ1) is 17.1. The SMILES string of the molecule is NC(CON1C(=O)c2ccccc2C1=O)Cc1ccc(Br)cc1Cl. The van der Waals surface area contributed by atoms with Crippen molar-refractivity contribution >= 4 is 39.3 Å². The van der Waals surface area contributed by atoms with Crippen molar-refractivity contribution in [1.29, 1.82) is 0 Å². The molecule has 7 heteroatoms.